The van der Waals surface area contributed by atoms with Crippen molar-refractivity contribution in [1.82, 2.24) is 4.40 Å². The maximum absolute atomic E-state index is 2.58. The number of fused-ring (bicyclic) bond motifs is 5. The molecular weight excluding hydrogens is 388 g/mol. The minimum atomic E-state index is 0.242. The highest BCUT2D eigenvalue weighted by Crippen LogP contribution is 2.42. The molecule has 6 rings (SSSR count). The molecule has 0 amide bonds. The van der Waals surface area contributed by atoms with Crippen molar-refractivity contribution in [2.24, 2.45) is 12.5 Å². The molecule has 0 N–H and O–H groups in total. The predicted molar refractivity (Wildman–Crippen MR) is 137 cm³/mol. The summed E-state index contributed by atoms with van der Waals surface area (Å²) >= 11 is 0. The van der Waals surface area contributed by atoms with Crippen LogP contribution in [0.15, 0.2) is 48.7 Å². The summed E-state index contributed by atoms with van der Waals surface area (Å²) in [5.41, 5.74) is 11.1. The molecule has 3 heterocycles. The Labute approximate surface area is 189 Å². The Balaban J connectivity index is 2.00. The second-order valence-electron chi connectivity index (χ2n) is 11.0. The molecule has 0 saturated heterocycles. The smallest absolute Gasteiger partial charge is 0.224 e. The predicted octanol–water partition coefficient (Wildman–Crippen LogP) is 7.33. The van der Waals surface area contributed by atoms with Crippen LogP contribution < -0.4 is 4.57 Å². The van der Waals surface area contributed by atoms with Crippen LogP contribution in [0.25, 0.3) is 49.0 Å². The molecule has 2 nitrogen and oxygen atoms in total. The third kappa shape index (κ3) is 2.50. The van der Waals surface area contributed by atoms with Gasteiger partial charge in [-0.05, 0) is 66.3 Å². The molecule has 0 aliphatic rings. The van der Waals surface area contributed by atoms with E-state index >= 15 is 0 Å². The molecule has 0 unspecified atom stereocenters. The molecule has 2 heteroatoms. The first-order chi connectivity index (χ1) is 15.2. The normalized spacial score (nSPS) is 13.0. The molecule has 32 heavy (non-hydrogen) atoms. The van der Waals surface area contributed by atoms with E-state index in [4.69, 9.17) is 0 Å². The van der Waals surface area contributed by atoms with Gasteiger partial charge < -0.3 is 4.40 Å². The highest BCUT2D eigenvalue weighted by molar-refractivity contribution is 6.26. The molecule has 0 atom stereocenters. The first kappa shape index (κ1) is 19.5. The van der Waals surface area contributed by atoms with Gasteiger partial charge in [-0.3, -0.25) is 0 Å². The van der Waals surface area contributed by atoms with Crippen LogP contribution in [0.5, 0.6) is 0 Å². The number of hydrogen-bond acceptors (Lipinski definition) is 0. The second-order valence-corrected chi connectivity index (χ2v) is 11.0. The number of nitrogens with zero attached hydrogens (tertiary/aromatic N) is 2. The average Bonchev–Trinajstić information content (AvgIpc) is 3.05. The molecule has 0 radical (unpaired) electrons. The topological polar surface area (TPSA) is 8.29 Å². The Bertz CT molecular complexity index is 1710. The Morgan fingerprint density at radius 3 is 2.22 bits per heavy atom. The van der Waals surface area contributed by atoms with Gasteiger partial charge in [0.25, 0.3) is 0 Å². The first-order valence-corrected chi connectivity index (χ1v) is 11.7. The van der Waals surface area contributed by atoms with E-state index in [9.17, 15) is 0 Å². The van der Waals surface area contributed by atoms with Gasteiger partial charge in [0.05, 0.1) is 27.3 Å². The number of rotatable bonds is 1. The zero-order valence-corrected chi connectivity index (χ0v) is 20.2. The summed E-state index contributed by atoms with van der Waals surface area (Å²) in [4.78, 5) is 0. The van der Waals surface area contributed by atoms with Gasteiger partial charge in [-0.15, -0.1) is 0 Å². The Morgan fingerprint density at radius 1 is 0.812 bits per heavy atom. The van der Waals surface area contributed by atoms with Crippen LogP contribution >= 0.6 is 0 Å². The summed E-state index contributed by atoms with van der Waals surface area (Å²) in [5.74, 6) is 0. The van der Waals surface area contributed by atoms with Crippen molar-refractivity contribution in [3.63, 3.8) is 0 Å². The molecule has 3 aromatic heterocycles. The van der Waals surface area contributed by atoms with Crippen molar-refractivity contribution < 1.29 is 4.57 Å². The molecule has 0 bridgehead atoms. The third-order valence-corrected chi connectivity index (χ3v) is 7.31. The van der Waals surface area contributed by atoms with E-state index in [1.807, 2.05) is 0 Å². The van der Waals surface area contributed by atoms with Gasteiger partial charge in [0.2, 0.25) is 5.52 Å². The van der Waals surface area contributed by atoms with Crippen molar-refractivity contribution in [3.8, 4) is 0 Å². The second kappa shape index (κ2) is 6.22. The van der Waals surface area contributed by atoms with Crippen molar-refractivity contribution in [2.75, 3.05) is 0 Å². The van der Waals surface area contributed by atoms with Crippen molar-refractivity contribution in [2.45, 2.75) is 48.0 Å². The number of benzene rings is 3. The third-order valence-electron chi connectivity index (χ3n) is 7.31. The van der Waals surface area contributed by atoms with Gasteiger partial charge in [-0.1, -0.05) is 51.1 Å². The van der Waals surface area contributed by atoms with Crippen LogP contribution in [-0.2, 0) is 13.5 Å². The van der Waals surface area contributed by atoms with Gasteiger partial charge in [0.15, 0.2) is 6.20 Å². The van der Waals surface area contributed by atoms with Gasteiger partial charge in [-0.25, -0.2) is 4.57 Å². The van der Waals surface area contributed by atoms with Gasteiger partial charge in [0.1, 0.15) is 7.05 Å². The van der Waals surface area contributed by atoms with Gasteiger partial charge in [0, 0.05) is 16.8 Å². The standard InChI is InChI=1S/C30H31N2/c1-17-8-10-22-23-11-9-18(2)25-28(23)32(27(22)19(17)3)24-15-20(16-30(4,5)6)14-21-12-13-31(7)29(25)26(21)24/h8-15H,16H2,1-7H3/q+1. The number of hydrogen-bond donors (Lipinski definition) is 0. The zero-order chi connectivity index (χ0) is 22.5. The minimum Gasteiger partial charge on any atom is -0.307 e. The fourth-order valence-corrected chi connectivity index (χ4v) is 5.83. The number of pyridine rings is 2. The van der Waals surface area contributed by atoms with E-state index in [1.165, 1.54) is 71.3 Å². The van der Waals surface area contributed by atoms with Crippen LogP contribution in [0.4, 0.5) is 0 Å². The van der Waals surface area contributed by atoms with Gasteiger partial charge in [-0.2, -0.15) is 0 Å². The van der Waals surface area contributed by atoms with Crippen LogP contribution in [0.3, 0.4) is 0 Å². The lowest BCUT2D eigenvalue weighted by Crippen LogP contribution is -2.29. The van der Waals surface area contributed by atoms with E-state index < -0.39 is 0 Å². The monoisotopic (exact) mass is 419 g/mol. The summed E-state index contributed by atoms with van der Waals surface area (Å²) in [5, 5.41) is 6.79. The van der Waals surface area contributed by atoms with Crippen LogP contribution in [0, 0.1) is 26.2 Å². The summed E-state index contributed by atoms with van der Waals surface area (Å²) in [6, 6.07) is 16.4. The van der Waals surface area contributed by atoms with Gasteiger partial charge >= 0.3 is 0 Å². The lowest BCUT2D eigenvalue weighted by Gasteiger charge is -2.20. The Kier molecular flexibility index (Phi) is 3.80. The van der Waals surface area contributed by atoms with Crippen LogP contribution in [0.1, 0.15) is 43.0 Å². The molecule has 0 spiro atoms. The van der Waals surface area contributed by atoms with Crippen LogP contribution in [0.2, 0.25) is 0 Å². The maximum atomic E-state index is 2.58. The molecule has 0 saturated carbocycles. The molecule has 0 aliphatic carbocycles. The fraction of sp³-hybridized carbons (Fsp3) is 0.300. The largest absolute Gasteiger partial charge is 0.307 e. The van der Waals surface area contributed by atoms with E-state index in [0.29, 0.717) is 0 Å². The SMILES string of the molecule is Cc1ccc2c3ccc(C)c4c3n(c3cc(CC(C)(C)C)cc5cc[n+](C)c4c53)c2c1C. The van der Waals surface area contributed by atoms with E-state index in [2.05, 4.69) is 106 Å². The Morgan fingerprint density at radius 2 is 1.50 bits per heavy atom. The van der Waals surface area contributed by atoms with Crippen molar-refractivity contribution in [3.05, 3.63) is 70.9 Å². The highest BCUT2D eigenvalue weighted by Gasteiger charge is 2.25. The van der Waals surface area contributed by atoms with E-state index in [-0.39, 0.29) is 5.41 Å². The molecule has 160 valence electrons. The van der Waals surface area contributed by atoms with Crippen molar-refractivity contribution >= 4 is 49.0 Å². The summed E-state index contributed by atoms with van der Waals surface area (Å²) < 4.78 is 4.90. The molecular formula is C30H31N2+. The quantitative estimate of drug-likeness (QED) is 0.150. The minimum absolute atomic E-state index is 0.242. The lowest BCUT2D eigenvalue weighted by molar-refractivity contribution is -0.643. The lowest BCUT2D eigenvalue weighted by atomic mass is 9.87. The molecule has 6 aromatic rings. The molecule has 3 aromatic carbocycles. The Hall–Kier alpha value is -3.13. The fourth-order valence-electron chi connectivity index (χ4n) is 5.83. The molecule has 0 aliphatic heterocycles. The van der Waals surface area contributed by atoms with Crippen LogP contribution in [-0.4, -0.2) is 4.40 Å². The highest BCUT2D eigenvalue weighted by atomic mass is 15.0. The summed E-state index contributed by atoms with van der Waals surface area (Å²) in [7, 11) is 2.19. The van der Waals surface area contributed by atoms with Crippen molar-refractivity contribution in [1.29, 1.82) is 0 Å². The maximum Gasteiger partial charge on any atom is 0.224 e. The summed E-state index contributed by atoms with van der Waals surface area (Å²) in [6.07, 6.45) is 3.29. The van der Waals surface area contributed by atoms with E-state index in [1.54, 1.807) is 0 Å². The molecule has 0 fully saturated rings. The number of aromatic nitrogens is 2. The average molecular weight is 420 g/mol. The summed E-state index contributed by atoms with van der Waals surface area (Å²) in [6.45, 7) is 13.8. The number of aryl methyl sites for hydroxylation is 4. The zero-order valence-electron chi connectivity index (χ0n) is 20.2. The first-order valence-electron chi connectivity index (χ1n) is 11.7. The van der Waals surface area contributed by atoms with E-state index in [0.717, 1.165) is 6.42 Å².